The van der Waals surface area contributed by atoms with E-state index in [1.54, 1.807) is 25.8 Å². The number of benzene rings is 1. The summed E-state index contributed by atoms with van der Waals surface area (Å²) >= 11 is 6.05. The van der Waals surface area contributed by atoms with Crippen LogP contribution in [0, 0.1) is 0 Å². The molecule has 31 heavy (non-hydrogen) atoms. The molecular formula is C22H23ClN6O2. The summed E-state index contributed by atoms with van der Waals surface area (Å²) in [4.78, 5) is 33.0. The van der Waals surface area contributed by atoms with Crippen molar-refractivity contribution in [2.24, 2.45) is 14.1 Å². The van der Waals surface area contributed by atoms with Crippen molar-refractivity contribution in [2.45, 2.75) is 19.0 Å². The van der Waals surface area contributed by atoms with Gasteiger partial charge in [0.15, 0.2) is 11.2 Å². The molecule has 0 amide bonds. The molecule has 9 heteroatoms. The molecule has 160 valence electrons. The van der Waals surface area contributed by atoms with Crippen molar-refractivity contribution < 1.29 is 0 Å². The van der Waals surface area contributed by atoms with Crippen LogP contribution < -0.4 is 16.6 Å². The van der Waals surface area contributed by atoms with E-state index in [9.17, 15) is 9.59 Å². The molecule has 0 saturated carbocycles. The maximum Gasteiger partial charge on any atom is 0.332 e. The molecule has 0 radical (unpaired) electrons. The van der Waals surface area contributed by atoms with E-state index in [2.05, 4.69) is 15.3 Å². The number of fused-ring (bicyclic) bond motifs is 1. The Morgan fingerprint density at radius 2 is 1.68 bits per heavy atom. The molecule has 3 aromatic heterocycles. The molecule has 1 aromatic carbocycles. The lowest BCUT2D eigenvalue weighted by Crippen LogP contribution is -2.37. The molecule has 0 aliphatic rings. The van der Waals surface area contributed by atoms with Gasteiger partial charge in [-0.25, -0.2) is 9.78 Å². The van der Waals surface area contributed by atoms with E-state index < -0.39 is 0 Å². The first-order valence-electron chi connectivity index (χ1n) is 9.97. The SMILES string of the molecule is Cn1c(=O)c2c(ncn2CCCNC(c2ccncc2)c2ccc(Cl)cc2)n(C)c1=O. The maximum atomic E-state index is 12.6. The number of aromatic nitrogens is 5. The van der Waals surface area contributed by atoms with Gasteiger partial charge in [-0.15, -0.1) is 0 Å². The van der Waals surface area contributed by atoms with E-state index in [1.165, 1.54) is 11.6 Å². The first kappa shape index (κ1) is 21.0. The molecule has 4 rings (SSSR count). The van der Waals surface area contributed by atoms with E-state index in [-0.39, 0.29) is 17.3 Å². The summed E-state index contributed by atoms with van der Waals surface area (Å²) in [7, 11) is 3.10. The zero-order valence-electron chi connectivity index (χ0n) is 17.3. The summed E-state index contributed by atoms with van der Waals surface area (Å²) in [5, 5.41) is 4.28. The van der Waals surface area contributed by atoms with E-state index in [0.717, 1.165) is 22.1 Å². The van der Waals surface area contributed by atoms with Crippen LogP contribution >= 0.6 is 11.6 Å². The number of hydrogen-bond acceptors (Lipinski definition) is 5. The molecule has 0 aliphatic heterocycles. The Morgan fingerprint density at radius 1 is 1.00 bits per heavy atom. The summed E-state index contributed by atoms with van der Waals surface area (Å²) < 4.78 is 4.31. The van der Waals surface area contributed by atoms with Crippen molar-refractivity contribution in [3.63, 3.8) is 0 Å². The van der Waals surface area contributed by atoms with Gasteiger partial charge in [0.05, 0.1) is 12.4 Å². The van der Waals surface area contributed by atoms with Crippen LogP contribution in [0.25, 0.3) is 11.2 Å². The first-order valence-corrected chi connectivity index (χ1v) is 10.3. The molecule has 3 heterocycles. The van der Waals surface area contributed by atoms with Crippen LogP contribution in [0.1, 0.15) is 23.6 Å². The van der Waals surface area contributed by atoms with Gasteiger partial charge in [-0.1, -0.05) is 23.7 Å². The smallest absolute Gasteiger partial charge is 0.325 e. The lowest BCUT2D eigenvalue weighted by atomic mass is 9.99. The summed E-state index contributed by atoms with van der Waals surface area (Å²) in [5.74, 6) is 0. The molecular weight excluding hydrogens is 416 g/mol. The highest BCUT2D eigenvalue weighted by molar-refractivity contribution is 6.30. The molecule has 0 spiro atoms. The zero-order valence-corrected chi connectivity index (χ0v) is 18.1. The minimum Gasteiger partial charge on any atom is -0.325 e. The molecule has 1 N–H and O–H groups in total. The van der Waals surface area contributed by atoms with Gasteiger partial charge in [0, 0.05) is 38.1 Å². The van der Waals surface area contributed by atoms with Gasteiger partial charge in [-0.3, -0.25) is 18.9 Å². The monoisotopic (exact) mass is 438 g/mol. The highest BCUT2D eigenvalue weighted by atomic mass is 35.5. The minimum atomic E-state index is -0.382. The Labute approximate surface area is 183 Å². The van der Waals surface area contributed by atoms with E-state index >= 15 is 0 Å². The highest BCUT2D eigenvalue weighted by Crippen LogP contribution is 2.23. The van der Waals surface area contributed by atoms with Gasteiger partial charge in [0.2, 0.25) is 0 Å². The maximum absolute atomic E-state index is 12.6. The van der Waals surface area contributed by atoms with Crippen LogP contribution in [0.3, 0.4) is 0 Å². The lowest BCUT2D eigenvalue weighted by molar-refractivity contribution is 0.547. The normalized spacial score (nSPS) is 12.4. The Bertz CT molecular complexity index is 1310. The third kappa shape index (κ3) is 4.17. The molecule has 1 atom stereocenters. The third-order valence-electron chi connectivity index (χ3n) is 5.38. The zero-order chi connectivity index (χ0) is 22.0. The van der Waals surface area contributed by atoms with Crippen molar-refractivity contribution >= 4 is 22.8 Å². The van der Waals surface area contributed by atoms with Gasteiger partial charge in [-0.05, 0) is 48.4 Å². The van der Waals surface area contributed by atoms with E-state index in [1.807, 2.05) is 41.0 Å². The van der Waals surface area contributed by atoms with Gasteiger partial charge >= 0.3 is 5.69 Å². The number of nitrogens with zero attached hydrogens (tertiary/aromatic N) is 5. The van der Waals surface area contributed by atoms with Gasteiger partial charge in [0.25, 0.3) is 5.56 Å². The van der Waals surface area contributed by atoms with Crippen molar-refractivity contribution in [3.05, 3.63) is 92.1 Å². The topological polar surface area (TPSA) is 86.7 Å². The number of halogens is 1. The highest BCUT2D eigenvalue weighted by Gasteiger charge is 2.15. The predicted octanol–water partition coefficient (Wildman–Crippen LogP) is 2.25. The van der Waals surface area contributed by atoms with Gasteiger partial charge < -0.3 is 9.88 Å². The first-order chi connectivity index (χ1) is 15.0. The number of pyridine rings is 1. The molecule has 0 fully saturated rings. The predicted molar refractivity (Wildman–Crippen MR) is 120 cm³/mol. The molecule has 0 aliphatic carbocycles. The Hall–Kier alpha value is -3.23. The van der Waals surface area contributed by atoms with Crippen LogP contribution in [0.5, 0.6) is 0 Å². The summed E-state index contributed by atoms with van der Waals surface area (Å²) in [6, 6.07) is 11.7. The fourth-order valence-electron chi connectivity index (χ4n) is 3.70. The number of hydrogen-bond donors (Lipinski definition) is 1. The Balaban J connectivity index is 1.51. The average Bonchev–Trinajstić information content (AvgIpc) is 3.22. The van der Waals surface area contributed by atoms with Gasteiger partial charge in [-0.2, -0.15) is 0 Å². The second-order valence-electron chi connectivity index (χ2n) is 7.39. The summed E-state index contributed by atoms with van der Waals surface area (Å²) in [5.41, 5.74) is 2.33. The quantitative estimate of drug-likeness (QED) is 0.447. The van der Waals surface area contributed by atoms with Crippen molar-refractivity contribution in [1.82, 2.24) is 29.0 Å². The average molecular weight is 439 g/mol. The lowest BCUT2D eigenvalue weighted by Gasteiger charge is -2.20. The summed E-state index contributed by atoms with van der Waals surface area (Å²) in [6.45, 7) is 1.31. The van der Waals surface area contributed by atoms with E-state index in [4.69, 9.17) is 11.6 Å². The Kier molecular flexibility index (Phi) is 6.01. The second kappa shape index (κ2) is 8.87. The molecule has 4 aromatic rings. The number of rotatable bonds is 7. The van der Waals surface area contributed by atoms with Crippen molar-refractivity contribution in [2.75, 3.05) is 6.54 Å². The number of aryl methyl sites for hydroxylation is 2. The molecule has 8 nitrogen and oxygen atoms in total. The Morgan fingerprint density at radius 3 is 2.39 bits per heavy atom. The molecule has 0 bridgehead atoms. The fraction of sp³-hybridized carbons (Fsp3) is 0.273. The third-order valence-corrected chi connectivity index (χ3v) is 5.64. The standard InChI is InChI=1S/C22H23ClN6O2/c1-27-20-19(21(30)28(2)22(27)31)29(14-26-20)13-3-10-25-18(16-8-11-24-12-9-16)15-4-6-17(23)7-5-15/h4-9,11-12,14,18,25H,3,10,13H2,1-2H3. The van der Waals surface area contributed by atoms with Crippen molar-refractivity contribution in [3.8, 4) is 0 Å². The molecule has 1 unspecified atom stereocenters. The minimum absolute atomic E-state index is 0.00603. The van der Waals surface area contributed by atoms with Crippen LogP contribution in [-0.4, -0.2) is 30.2 Å². The van der Waals surface area contributed by atoms with Crippen LogP contribution in [0.2, 0.25) is 5.02 Å². The number of imidazole rings is 1. The van der Waals surface area contributed by atoms with Crippen LogP contribution in [-0.2, 0) is 20.6 Å². The summed E-state index contributed by atoms with van der Waals surface area (Å²) in [6.07, 6.45) is 5.94. The van der Waals surface area contributed by atoms with Gasteiger partial charge in [0.1, 0.15) is 0 Å². The van der Waals surface area contributed by atoms with Crippen LogP contribution in [0.15, 0.2) is 64.7 Å². The number of nitrogens with one attached hydrogen (secondary N) is 1. The second-order valence-corrected chi connectivity index (χ2v) is 7.83. The van der Waals surface area contributed by atoms with Crippen LogP contribution in [0.4, 0.5) is 0 Å². The fourth-order valence-corrected chi connectivity index (χ4v) is 3.83. The largest absolute Gasteiger partial charge is 0.332 e. The van der Waals surface area contributed by atoms with E-state index in [0.29, 0.717) is 29.3 Å². The van der Waals surface area contributed by atoms with Crippen molar-refractivity contribution in [1.29, 1.82) is 0 Å². The molecule has 0 saturated heterocycles.